The highest BCUT2D eigenvalue weighted by Gasteiger charge is 2.18. The van der Waals surface area contributed by atoms with Gasteiger partial charge in [0, 0.05) is 6.07 Å². The summed E-state index contributed by atoms with van der Waals surface area (Å²) in [5, 5.41) is 1.38. The van der Waals surface area contributed by atoms with Crippen molar-refractivity contribution in [1.82, 2.24) is 0 Å². The van der Waals surface area contributed by atoms with Crippen LogP contribution < -0.4 is 5.32 Å². The number of hydrogen-bond donors (Lipinski definition) is 1. The van der Waals surface area contributed by atoms with E-state index in [-0.39, 0.29) is 5.69 Å². The number of rotatable bonds is 3. The SMILES string of the molecule is O=C(Nc1ccc(F)cc1F)[C@H](Cl)c1ccccc1. The fourth-order valence-corrected chi connectivity index (χ4v) is 1.76. The van der Waals surface area contributed by atoms with Crippen LogP contribution in [0.25, 0.3) is 0 Å². The van der Waals surface area contributed by atoms with Gasteiger partial charge >= 0.3 is 0 Å². The van der Waals surface area contributed by atoms with Gasteiger partial charge in [-0.1, -0.05) is 30.3 Å². The van der Waals surface area contributed by atoms with E-state index in [1.807, 2.05) is 0 Å². The summed E-state index contributed by atoms with van der Waals surface area (Å²) >= 11 is 5.98. The molecule has 0 aromatic heterocycles. The van der Waals surface area contributed by atoms with Gasteiger partial charge in [0.1, 0.15) is 17.0 Å². The van der Waals surface area contributed by atoms with E-state index in [1.54, 1.807) is 30.3 Å². The molecule has 0 aliphatic carbocycles. The Morgan fingerprint density at radius 3 is 2.42 bits per heavy atom. The van der Waals surface area contributed by atoms with E-state index >= 15 is 0 Å². The van der Waals surface area contributed by atoms with Crippen LogP contribution >= 0.6 is 11.6 Å². The van der Waals surface area contributed by atoms with Crippen molar-refractivity contribution in [2.75, 3.05) is 5.32 Å². The Balaban J connectivity index is 2.13. The van der Waals surface area contributed by atoms with Crippen molar-refractivity contribution < 1.29 is 13.6 Å². The van der Waals surface area contributed by atoms with E-state index < -0.39 is 22.9 Å². The van der Waals surface area contributed by atoms with Crippen molar-refractivity contribution in [2.45, 2.75) is 5.38 Å². The molecule has 2 aromatic carbocycles. The molecule has 0 aliphatic rings. The average Bonchev–Trinajstić information content (AvgIpc) is 2.42. The number of alkyl halides is 1. The van der Waals surface area contributed by atoms with E-state index in [1.165, 1.54) is 0 Å². The second-order valence-electron chi connectivity index (χ2n) is 3.89. The summed E-state index contributed by atoms with van der Waals surface area (Å²) in [6.07, 6.45) is 0. The van der Waals surface area contributed by atoms with Crippen molar-refractivity contribution in [3.8, 4) is 0 Å². The second kappa shape index (κ2) is 5.80. The number of amides is 1. The summed E-state index contributed by atoms with van der Waals surface area (Å²) in [6.45, 7) is 0. The average molecular weight is 282 g/mol. The standard InChI is InChI=1S/C14H10ClF2NO/c15-13(9-4-2-1-3-5-9)14(19)18-12-7-6-10(16)8-11(12)17/h1-8,13H,(H,18,19)/t13-/m1/s1. The Morgan fingerprint density at radius 2 is 1.79 bits per heavy atom. The lowest BCUT2D eigenvalue weighted by atomic mass is 10.1. The van der Waals surface area contributed by atoms with Crippen molar-refractivity contribution in [2.24, 2.45) is 0 Å². The summed E-state index contributed by atoms with van der Waals surface area (Å²) in [4.78, 5) is 11.8. The topological polar surface area (TPSA) is 29.1 Å². The molecule has 2 nitrogen and oxygen atoms in total. The third-order valence-corrected chi connectivity index (χ3v) is 2.96. The lowest BCUT2D eigenvalue weighted by Gasteiger charge is -2.11. The van der Waals surface area contributed by atoms with Crippen LogP contribution in [0.4, 0.5) is 14.5 Å². The van der Waals surface area contributed by atoms with Crippen LogP contribution in [0.2, 0.25) is 0 Å². The summed E-state index contributed by atoms with van der Waals surface area (Å²) in [5.74, 6) is -2.12. The second-order valence-corrected chi connectivity index (χ2v) is 4.32. The molecular weight excluding hydrogens is 272 g/mol. The molecule has 1 N–H and O–H groups in total. The molecule has 19 heavy (non-hydrogen) atoms. The molecule has 5 heteroatoms. The number of carbonyl (C=O) groups is 1. The zero-order valence-corrected chi connectivity index (χ0v) is 10.5. The van der Waals surface area contributed by atoms with Crippen LogP contribution in [0.3, 0.4) is 0 Å². The van der Waals surface area contributed by atoms with Crippen molar-refractivity contribution >= 4 is 23.2 Å². The summed E-state index contributed by atoms with van der Waals surface area (Å²) in [7, 11) is 0. The zero-order chi connectivity index (χ0) is 13.8. The molecule has 1 atom stereocenters. The highest BCUT2D eigenvalue weighted by molar-refractivity contribution is 6.32. The van der Waals surface area contributed by atoms with Crippen LogP contribution in [-0.4, -0.2) is 5.91 Å². The molecule has 0 saturated carbocycles. The maximum absolute atomic E-state index is 13.4. The van der Waals surface area contributed by atoms with Gasteiger partial charge < -0.3 is 5.32 Å². The number of halogens is 3. The molecule has 0 bridgehead atoms. The Kier molecular flexibility index (Phi) is 4.12. The normalized spacial score (nSPS) is 11.9. The van der Waals surface area contributed by atoms with Crippen LogP contribution in [0, 0.1) is 11.6 Å². The highest BCUT2D eigenvalue weighted by Crippen LogP contribution is 2.23. The summed E-state index contributed by atoms with van der Waals surface area (Å²) in [5.41, 5.74) is 0.497. The fraction of sp³-hybridized carbons (Fsp3) is 0.0714. The van der Waals surface area contributed by atoms with Crippen molar-refractivity contribution in [3.63, 3.8) is 0 Å². The summed E-state index contributed by atoms with van der Waals surface area (Å²) in [6, 6.07) is 11.6. The highest BCUT2D eigenvalue weighted by atomic mass is 35.5. The largest absolute Gasteiger partial charge is 0.322 e. The van der Waals surface area contributed by atoms with Crippen LogP contribution in [-0.2, 0) is 4.79 Å². The maximum Gasteiger partial charge on any atom is 0.247 e. The molecule has 98 valence electrons. The zero-order valence-electron chi connectivity index (χ0n) is 9.74. The predicted molar refractivity (Wildman–Crippen MR) is 70.0 cm³/mol. The molecule has 0 unspecified atom stereocenters. The van der Waals surface area contributed by atoms with Gasteiger partial charge in [-0.15, -0.1) is 11.6 Å². The third kappa shape index (κ3) is 3.29. The van der Waals surface area contributed by atoms with Gasteiger partial charge in [0.2, 0.25) is 5.91 Å². The fourth-order valence-electron chi connectivity index (χ4n) is 1.56. The first-order valence-corrected chi connectivity index (χ1v) is 5.96. The first-order valence-electron chi connectivity index (χ1n) is 5.53. The quantitative estimate of drug-likeness (QED) is 0.850. The summed E-state index contributed by atoms with van der Waals surface area (Å²) < 4.78 is 26.1. The lowest BCUT2D eigenvalue weighted by Crippen LogP contribution is -2.18. The van der Waals surface area contributed by atoms with E-state index in [0.717, 1.165) is 12.1 Å². The van der Waals surface area contributed by atoms with E-state index in [4.69, 9.17) is 11.6 Å². The molecular formula is C14H10ClF2NO. The predicted octanol–water partition coefficient (Wildman–Crippen LogP) is 3.88. The van der Waals surface area contributed by atoms with Gasteiger partial charge in [0.25, 0.3) is 0 Å². The van der Waals surface area contributed by atoms with E-state index in [9.17, 15) is 13.6 Å². The Labute approximate surface area is 114 Å². The van der Waals surface area contributed by atoms with Crippen LogP contribution in [0.15, 0.2) is 48.5 Å². The molecule has 0 spiro atoms. The minimum absolute atomic E-state index is 0.104. The first kappa shape index (κ1) is 13.5. The monoisotopic (exact) mass is 281 g/mol. The molecule has 0 fully saturated rings. The Hall–Kier alpha value is -1.94. The Bertz CT molecular complexity index is 589. The maximum atomic E-state index is 13.4. The minimum Gasteiger partial charge on any atom is -0.322 e. The van der Waals surface area contributed by atoms with E-state index in [0.29, 0.717) is 11.6 Å². The van der Waals surface area contributed by atoms with Gasteiger partial charge in [0.15, 0.2) is 0 Å². The van der Waals surface area contributed by atoms with Crippen LogP contribution in [0.5, 0.6) is 0 Å². The molecule has 2 rings (SSSR count). The first-order chi connectivity index (χ1) is 9.08. The van der Waals surface area contributed by atoms with Crippen LogP contribution in [0.1, 0.15) is 10.9 Å². The molecule has 0 heterocycles. The van der Waals surface area contributed by atoms with E-state index in [2.05, 4.69) is 5.32 Å². The lowest BCUT2D eigenvalue weighted by molar-refractivity contribution is -0.116. The van der Waals surface area contributed by atoms with Gasteiger partial charge in [-0.25, -0.2) is 8.78 Å². The molecule has 2 aromatic rings. The molecule has 0 saturated heterocycles. The van der Waals surface area contributed by atoms with Crippen molar-refractivity contribution in [3.05, 3.63) is 65.7 Å². The number of anilines is 1. The Morgan fingerprint density at radius 1 is 1.11 bits per heavy atom. The number of hydrogen-bond acceptors (Lipinski definition) is 1. The van der Waals surface area contributed by atoms with Gasteiger partial charge in [0.05, 0.1) is 5.69 Å². The van der Waals surface area contributed by atoms with Gasteiger partial charge in [-0.05, 0) is 17.7 Å². The number of nitrogens with one attached hydrogen (secondary N) is 1. The van der Waals surface area contributed by atoms with Gasteiger partial charge in [-0.2, -0.15) is 0 Å². The number of benzene rings is 2. The molecule has 0 aliphatic heterocycles. The van der Waals surface area contributed by atoms with Gasteiger partial charge in [-0.3, -0.25) is 4.79 Å². The van der Waals surface area contributed by atoms with Crippen molar-refractivity contribution in [1.29, 1.82) is 0 Å². The molecule has 1 amide bonds. The smallest absolute Gasteiger partial charge is 0.247 e. The molecule has 0 radical (unpaired) electrons. The minimum atomic E-state index is -0.939. The number of carbonyl (C=O) groups excluding carboxylic acids is 1. The third-order valence-electron chi connectivity index (χ3n) is 2.51.